The molecule has 0 aliphatic heterocycles. The second kappa shape index (κ2) is 7.24. The van der Waals surface area contributed by atoms with Crippen LogP contribution in [-0.2, 0) is 6.42 Å². The quantitative estimate of drug-likeness (QED) is 0.738. The van der Waals surface area contributed by atoms with Crippen molar-refractivity contribution in [2.45, 2.75) is 25.8 Å². The van der Waals surface area contributed by atoms with Gasteiger partial charge in [0.05, 0.1) is 6.04 Å². The summed E-state index contributed by atoms with van der Waals surface area (Å²) in [6.45, 7) is 2.17. The SMILES string of the molecule is CCCc1ccc(C(NC(=O)c2ccon2)c2cccs2)cc1. The van der Waals surface area contributed by atoms with Gasteiger partial charge in [-0.3, -0.25) is 4.79 Å². The average Bonchev–Trinajstić information content (AvgIpc) is 3.27. The minimum absolute atomic E-state index is 0.185. The maximum absolute atomic E-state index is 12.3. The predicted molar refractivity (Wildman–Crippen MR) is 90.6 cm³/mol. The summed E-state index contributed by atoms with van der Waals surface area (Å²) < 4.78 is 4.75. The van der Waals surface area contributed by atoms with Crippen molar-refractivity contribution in [1.29, 1.82) is 0 Å². The molecule has 1 amide bonds. The van der Waals surface area contributed by atoms with Crippen LogP contribution in [0.4, 0.5) is 0 Å². The zero-order chi connectivity index (χ0) is 16.1. The number of thiophene rings is 1. The van der Waals surface area contributed by atoms with Gasteiger partial charge in [0.15, 0.2) is 5.69 Å². The lowest BCUT2D eigenvalue weighted by molar-refractivity contribution is 0.0934. The van der Waals surface area contributed by atoms with E-state index in [1.54, 1.807) is 17.4 Å². The number of carbonyl (C=O) groups is 1. The van der Waals surface area contributed by atoms with Crippen LogP contribution in [-0.4, -0.2) is 11.1 Å². The number of aryl methyl sites for hydroxylation is 1. The van der Waals surface area contributed by atoms with Crippen LogP contribution in [0.5, 0.6) is 0 Å². The molecule has 1 unspecified atom stereocenters. The van der Waals surface area contributed by atoms with Crippen molar-refractivity contribution in [3.05, 3.63) is 75.8 Å². The molecule has 1 aromatic carbocycles. The van der Waals surface area contributed by atoms with Gasteiger partial charge in [-0.2, -0.15) is 0 Å². The largest absolute Gasteiger partial charge is 0.364 e. The minimum atomic E-state index is -0.241. The van der Waals surface area contributed by atoms with Gasteiger partial charge in [-0.15, -0.1) is 11.3 Å². The highest BCUT2D eigenvalue weighted by molar-refractivity contribution is 7.10. The first-order valence-electron chi connectivity index (χ1n) is 7.61. The van der Waals surface area contributed by atoms with Crippen LogP contribution < -0.4 is 5.32 Å². The maximum Gasteiger partial charge on any atom is 0.274 e. The molecule has 0 fully saturated rings. The summed E-state index contributed by atoms with van der Waals surface area (Å²) in [7, 11) is 0. The van der Waals surface area contributed by atoms with Gasteiger partial charge in [0, 0.05) is 10.9 Å². The van der Waals surface area contributed by atoms with Crippen molar-refractivity contribution in [2.75, 3.05) is 0 Å². The van der Waals surface area contributed by atoms with Crippen molar-refractivity contribution < 1.29 is 9.32 Å². The first-order valence-corrected chi connectivity index (χ1v) is 8.49. The third kappa shape index (κ3) is 3.68. The van der Waals surface area contributed by atoms with E-state index in [0.717, 1.165) is 23.3 Å². The zero-order valence-electron chi connectivity index (χ0n) is 12.9. The number of amides is 1. The summed E-state index contributed by atoms with van der Waals surface area (Å²) in [6, 6.07) is 13.8. The van der Waals surface area contributed by atoms with Gasteiger partial charge in [-0.05, 0) is 29.0 Å². The van der Waals surface area contributed by atoms with Gasteiger partial charge in [-0.1, -0.05) is 48.8 Å². The Morgan fingerprint density at radius 1 is 1.26 bits per heavy atom. The molecule has 0 aliphatic carbocycles. The maximum atomic E-state index is 12.3. The summed E-state index contributed by atoms with van der Waals surface area (Å²) in [5.74, 6) is -0.241. The highest BCUT2D eigenvalue weighted by atomic mass is 32.1. The zero-order valence-corrected chi connectivity index (χ0v) is 13.7. The molecule has 3 rings (SSSR count). The molecule has 118 valence electrons. The second-order valence-electron chi connectivity index (χ2n) is 5.30. The molecule has 0 saturated carbocycles. The molecule has 0 saturated heterocycles. The molecule has 0 bridgehead atoms. The summed E-state index contributed by atoms with van der Waals surface area (Å²) in [6.07, 6.45) is 3.58. The normalized spacial score (nSPS) is 12.0. The van der Waals surface area contributed by atoms with Crippen LogP contribution in [0.1, 0.15) is 45.9 Å². The Morgan fingerprint density at radius 3 is 2.70 bits per heavy atom. The fourth-order valence-electron chi connectivity index (χ4n) is 2.47. The fourth-order valence-corrected chi connectivity index (χ4v) is 3.28. The lowest BCUT2D eigenvalue weighted by Gasteiger charge is -2.18. The first-order chi connectivity index (χ1) is 11.3. The van der Waals surface area contributed by atoms with Crippen molar-refractivity contribution >= 4 is 17.2 Å². The van der Waals surface area contributed by atoms with Crippen molar-refractivity contribution in [2.24, 2.45) is 0 Å². The molecule has 3 aromatic rings. The molecule has 23 heavy (non-hydrogen) atoms. The topological polar surface area (TPSA) is 55.1 Å². The van der Waals surface area contributed by atoms with Gasteiger partial charge in [-0.25, -0.2) is 0 Å². The van der Waals surface area contributed by atoms with Gasteiger partial charge < -0.3 is 9.84 Å². The van der Waals surface area contributed by atoms with E-state index in [-0.39, 0.29) is 17.6 Å². The van der Waals surface area contributed by atoms with Crippen LogP contribution in [0, 0.1) is 0 Å². The van der Waals surface area contributed by atoms with Gasteiger partial charge in [0.2, 0.25) is 0 Å². The fraction of sp³-hybridized carbons (Fsp3) is 0.222. The smallest absolute Gasteiger partial charge is 0.274 e. The molecule has 0 radical (unpaired) electrons. The molecule has 2 aromatic heterocycles. The highest BCUT2D eigenvalue weighted by Gasteiger charge is 2.20. The Morgan fingerprint density at radius 2 is 2.09 bits per heavy atom. The summed E-state index contributed by atoms with van der Waals surface area (Å²) in [5, 5.41) is 8.75. The molecule has 4 nitrogen and oxygen atoms in total. The number of aromatic nitrogens is 1. The van der Waals surface area contributed by atoms with E-state index in [4.69, 9.17) is 4.52 Å². The molecular formula is C18H18N2O2S. The van der Waals surface area contributed by atoms with Gasteiger partial charge in [0.25, 0.3) is 5.91 Å². The average molecular weight is 326 g/mol. The van der Waals surface area contributed by atoms with E-state index in [1.165, 1.54) is 11.8 Å². The Bertz CT molecular complexity index is 734. The molecule has 0 aliphatic rings. The Hall–Kier alpha value is -2.40. The van der Waals surface area contributed by atoms with Gasteiger partial charge in [0.1, 0.15) is 6.26 Å². The summed E-state index contributed by atoms with van der Waals surface area (Å²) in [5.41, 5.74) is 2.65. The summed E-state index contributed by atoms with van der Waals surface area (Å²) in [4.78, 5) is 13.4. The molecule has 5 heteroatoms. The van der Waals surface area contributed by atoms with E-state index in [1.807, 2.05) is 17.5 Å². The third-order valence-electron chi connectivity index (χ3n) is 3.63. The number of carbonyl (C=O) groups excluding carboxylic acids is 1. The molecule has 2 heterocycles. The van der Waals surface area contributed by atoms with E-state index in [0.29, 0.717) is 0 Å². The van der Waals surface area contributed by atoms with Crippen molar-refractivity contribution in [3.8, 4) is 0 Å². The van der Waals surface area contributed by atoms with Crippen molar-refractivity contribution in [1.82, 2.24) is 10.5 Å². The Labute approximate surface area is 139 Å². The molecular weight excluding hydrogens is 308 g/mol. The third-order valence-corrected chi connectivity index (χ3v) is 4.56. The van der Waals surface area contributed by atoms with Crippen LogP contribution in [0.15, 0.2) is 58.6 Å². The number of nitrogens with one attached hydrogen (secondary N) is 1. The molecule has 0 spiro atoms. The van der Waals surface area contributed by atoms with E-state index >= 15 is 0 Å². The predicted octanol–water partition coefficient (Wildman–Crippen LogP) is 4.21. The molecule has 1 atom stereocenters. The van der Waals surface area contributed by atoms with Crippen LogP contribution >= 0.6 is 11.3 Å². The lowest BCUT2D eigenvalue weighted by atomic mass is 10.0. The van der Waals surface area contributed by atoms with Crippen LogP contribution in [0.25, 0.3) is 0 Å². The number of hydrogen-bond acceptors (Lipinski definition) is 4. The monoisotopic (exact) mass is 326 g/mol. The van der Waals surface area contributed by atoms with E-state index in [9.17, 15) is 4.79 Å². The number of nitrogens with zero attached hydrogens (tertiary/aromatic N) is 1. The van der Waals surface area contributed by atoms with E-state index < -0.39 is 0 Å². The van der Waals surface area contributed by atoms with Gasteiger partial charge >= 0.3 is 0 Å². The number of hydrogen-bond donors (Lipinski definition) is 1. The summed E-state index contributed by atoms with van der Waals surface area (Å²) >= 11 is 1.62. The minimum Gasteiger partial charge on any atom is -0.364 e. The molecule has 1 N–H and O–H groups in total. The van der Waals surface area contributed by atoms with Crippen LogP contribution in [0.2, 0.25) is 0 Å². The lowest BCUT2D eigenvalue weighted by Crippen LogP contribution is -2.29. The first kappa shape index (κ1) is 15.5. The number of rotatable bonds is 6. The Kier molecular flexibility index (Phi) is 4.88. The Balaban J connectivity index is 1.85. The number of benzene rings is 1. The van der Waals surface area contributed by atoms with Crippen LogP contribution in [0.3, 0.4) is 0 Å². The van der Waals surface area contributed by atoms with Crippen molar-refractivity contribution in [3.63, 3.8) is 0 Å². The second-order valence-corrected chi connectivity index (χ2v) is 6.28. The van der Waals surface area contributed by atoms with E-state index in [2.05, 4.69) is 41.7 Å². The standard InChI is InChI=1S/C18H18N2O2S/c1-2-4-13-6-8-14(9-7-13)17(16-5-3-12-23-16)19-18(21)15-10-11-22-20-15/h3,5-12,17H,2,4H2,1H3,(H,19,21). The highest BCUT2D eigenvalue weighted by Crippen LogP contribution is 2.27.